The molecule has 0 heterocycles. The van der Waals surface area contributed by atoms with Gasteiger partial charge in [-0.3, -0.25) is 0 Å². The minimum atomic E-state index is 0.643. The van der Waals surface area contributed by atoms with E-state index in [0.717, 1.165) is 11.1 Å². The molecule has 0 aliphatic heterocycles. The lowest BCUT2D eigenvalue weighted by Crippen LogP contribution is -1.90. The van der Waals surface area contributed by atoms with Crippen molar-refractivity contribution in [3.05, 3.63) is 157 Å². The Kier molecular flexibility index (Phi) is 5.14. The van der Waals surface area contributed by atoms with Crippen LogP contribution in [0.3, 0.4) is 0 Å². The van der Waals surface area contributed by atoms with Crippen LogP contribution in [0.5, 0.6) is 0 Å². The van der Waals surface area contributed by atoms with Gasteiger partial charge in [0.15, 0.2) is 0 Å². The summed E-state index contributed by atoms with van der Waals surface area (Å²) in [5.41, 5.74) is 5.82. The third-order valence-corrected chi connectivity index (χ3v) is 11.7. The van der Waals surface area contributed by atoms with Crippen molar-refractivity contribution in [1.82, 2.24) is 0 Å². The van der Waals surface area contributed by atoms with E-state index < -0.39 is 0 Å². The zero-order valence-corrected chi connectivity index (χ0v) is 27.8. The molecule has 0 saturated carbocycles. The first-order chi connectivity index (χ1) is 25.7. The zero-order chi connectivity index (χ0) is 34.2. The van der Waals surface area contributed by atoms with E-state index in [9.17, 15) is 10.5 Å². The third-order valence-electron chi connectivity index (χ3n) is 11.7. The molecule has 0 aliphatic carbocycles. The van der Waals surface area contributed by atoms with E-state index >= 15 is 0 Å². The Morgan fingerprint density at radius 2 is 0.769 bits per heavy atom. The van der Waals surface area contributed by atoms with Gasteiger partial charge in [-0.1, -0.05) is 103 Å². The average molecular weight is 653 g/mol. The van der Waals surface area contributed by atoms with Crippen LogP contribution >= 0.6 is 0 Å². The van der Waals surface area contributed by atoms with Gasteiger partial charge in [-0.2, -0.15) is 10.5 Å². The molecule has 52 heavy (non-hydrogen) atoms. The minimum Gasteiger partial charge on any atom is -0.192 e. The molecule has 0 radical (unpaired) electrons. The molecular formula is C50H24N2. The van der Waals surface area contributed by atoms with Crippen LogP contribution in [0.4, 0.5) is 0 Å². The van der Waals surface area contributed by atoms with E-state index in [4.69, 9.17) is 0 Å². The standard InChI is InChI=1S/C50H24N2/c51-25-27-10-14-31(15-11-27)45-41-23-38-35-21-20-33-19-18-30-4-1-7-34-22-40(48(35)47(33)43(30)34)39(38)24-42(41)46(32-16-12-28(26-52)13-17-32)50-37-9-3-6-29-5-2-8-36(44(29)37)49(45)50/h1-24H. The maximum Gasteiger partial charge on any atom is 0.0991 e. The molecule has 0 amide bonds. The van der Waals surface area contributed by atoms with E-state index in [-0.39, 0.29) is 0 Å². The summed E-state index contributed by atoms with van der Waals surface area (Å²) >= 11 is 0. The first-order valence-electron chi connectivity index (χ1n) is 17.6. The molecule has 0 spiro atoms. The lowest BCUT2D eigenvalue weighted by molar-refractivity contribution is 1.48. The highest BCUT2D eigenvalue weighted by molar-refractivity contribution is 6.44. The van der Waals surface area contributed by atoms with Gasteiger partial charge in [-0.05, 0) is 162 Å². The smallest absolute Gasteiger partial charge is 0.0991 e. The molecule has 12 aromatic carbocycles. The minimum absolute atomic E-state index is 0.643. The highest BCUT2D eigenvalue weighted by Crippen LogP contribution is 2.54. The molecule has 0 atom stereocenters. The van der Waals surface area contributed by atoms with Crippen LogP contribution in [0.1, 0.15) is 11.1 Å². The van der Waals surface area contributed by atoms with E-state index in [0.29, 0.717) is 11.1 Å². The number of hydrogen-bond acceptors (Lipinski definition) is 2. The van der Waals surface area contributed by atoms with Crippen LogP contribution in [0.2, 0.25) is 0 Å². The van der Waals surface area contributed by atoms with Crippen molar-refractivity contribution in [3.63, 3.8) is 0 Å². The summed E-state index contributed by atoms with van der Waals surface area (Å²) < 4.78 is 0. The topological polar surface area (TPSA) is 47.6 Å². The van der Waals surface area contributed by atoms with E-state index in [1.54, 1.807) is 0 Å². The molecule has 0 unspecified atom stereocenters. The van der Waals surface area contributed by atoms with Gasteiger partial charge < -0.3 is 0 Å². The maximum absolute atomic E-state index is 9.75. The Bertz CT molecular complexity index is 3550. The van der Waals surface area contributed by atoms with E-state index in [1.807, 2.05) is 24.3 Å². The fraction of sp³-hybridized carbons (Fsp3) is 0. The van der Waals surface area contributed by atoms with Gasteiger partial charge in [0.1, 0.15) is 0 Å². The predicted molar refractivity (Wildman–Crippen MR) is 218 cm³/mol. The molecular weight excluding hydrogens is 629 g/mol. The second-order valence-electron chi connectivity index (χ2n) is 14.2. The summed E-state index contributed by atoms with van der Waals surface area (Å²) in [6, 6.07) is 57.1. The highest BCUT2D eigenvalue weighted by Gasteiger charge is 2.25. The second kappa shape index (κ2) is 9.70. The number of benzene rings is 10. The molecule has 2 heteroatoms. The lowest BCUT2D eigenvalue weighted by Gasteiger charge is -2.17. The summed E-state index contributed by atoms with van der Waals surface area (Å²) in [4.78, 5) is 0. The molecule has 2 nitrogen and oxygen atoms in total. The number of rotatable bonds is 2. The number of nitriles is 2. The number of nitrogens with zero attached hydrogens (tertiary/aromatic N) is 2. The predicted octanol–water partition coefficient (Wildman–Crippen LogP) is 13.5. The summed E-state index contributed by atoms with van der Waals surface area (Å²) in [6.45, 7) is 0. The largest absolute Gasteiger partial charge is 0.192 e. The van der Waals surface area contributed by atoms with Crippen LogP contribution in [0.15, 0.2) is 146 Å². The van der Waals surface area contributed by atoms with E-state index in [2.05, 4.69) is 133 Å². The Balaban J connectivity index is 1.38. The summed E-state index contributed by atoms with van der Waals surface area (Å²) in [5, 5.41) is 42.0. The normalized spacial score (nSPS) is 12.2. The van der Waals surface area contributed by atoms with Crippen molar-refractivity contribution in [3.8, 4) is 34.4 Å². The van der Waals surface area contributed by atoms with Crippen molar-refractivity contribution in [1.29, 1.82) is 10.5 Å². The molecule has 0 aliphatic rings. The molecule has 0 bridgehead atoms. The summed E-state index contributed by atoms with van der Waals surface area (Å²) in [5.74, 6) is 0. The fourth-order valence-electron chi connectivity index (χ4n) is 9.58. The monoisotopic (exact) mass is 652 g/mol. The summed E-state index contributed by atoms with van der Waals surface area (Å²) in [6.07, 6.45) is 0. The van der Waals surface area contributed by atoms with Crippen LogP contribution in [0.25, 0.3) is 119 Å². The first-order valence-corrected chi connectivity index (χ1v) is 17.6. The van der Waals surface area contributed by atoms with Gasteiger partial charge in [0, 0.05) is 0 Å². The number of fused-ring (bicyclic) bond motifs is 7. The van der Waals surface area contributed by atoms with Gasteiger partial charge in [0.25, 0.3) is 0 Å². The van der Waals surface area contributed by atoms with Gasteiger partial charge in [0.05, 0.1) is 23.3 Å². The molecule has 0 N–H and O–H groups in total. The third kappa shape index (κ3) is 3.37. The van der Waals surface area contributed by atoms with Crippen molar-refractivity contribution in [2.24, 2.45) is 0 Å². The van der Waals surface area contributed by atoms with Crippen molar-refractivity contribution < 1.29 is 0 Å². The van der Waals surface area contributed by atoms with Crippen molar-refractivity contribution in [2.75, 3.05) is 0 Å². The Morgan fingerprint density at radius 3 is 1.35 bits per heavy atom. The molecule has 0 saturated heterocycles. The Labute approximate surface area is 297 Å². The summed E-state index contributed by atoms with van der Waals surface area (Å²) in [7, 11) is 0. The molecule has 12 rings (SSSR count). The van der Waals surface area contributed by atoms with Crippen molar-refractivity contribution in [2.45, 2.75) is 0 Å². The van der Waals surface area contributed by atoms with Crippen LogP contribution in [0, 0.1) is 22.7 Å². The van der Waals surface area contributed by atoms with Gasteiger partial charge >= 0.3 is 0 Å². The molecule has 0 aromatic heterocycles. The molecule has 12 aromatic rings. The Hall–Kier alpha value is -7.26. The lowest BCUT2D eigenvalue weighted by atomic mass is 9.85. The van der Waals surface area contributed by atoms with E-state index in [1.165, 1.54) is 108 Å². The first kappa shape index (κ1) is 27.5. The van der Waals surface area contributed by atoms with Crippen LogP contribution in [-0.2, 0) is 0 Å². The second-order valence-corrected chi connectivity index (χ2v) is 14.2. The van der Waals surface area contributed by atoms with Crippen LogP contribution in [-0.4, -0.2) is 0 Å². The Morgan fingerprint density at radius 1 is 0.288 bits per heavy atom. The number of hydrogen-bond donors (Lipinski definition) is 0. The van der Waals surface area contributed by atoms with Gasteiger partial charge in [-0.15, -0.1) is 0 Å². The quantitative estimate of drug-likeness (QED) is 0.175. The maximum atomic E-state index is 9.75. The van der Waals surface area contributed by atoms with Crippen molar-refractivity contribution >= 4 is 97.0 Å². The molecule has 234 valence electrons. The van der Waals surface area contributed by atoms with Crippen LogP contribution < -0.4 is 0 Å². The SMILES string of the molecule is N#Cc1ccc(-c2c3cc4c(cc3c(-c3ccc(C#N)cc3)c3c5cccc6cccc(c23)c65)c2cc3cccc5ccc6ccc4c2c6c53)cc1. The fourth-order valence-corrected chi connectivity index (χ4v) is 9.58. The zero-order valence-electron chi connectivity index (χ0n) is 27.8. The van der Waals surface area contributed by atoms with Gasteiger partial charge in [-0.25, -0.2) is 0 Å². The highest BCUT2D eigenvalue weighted by atomic mass is 14.3. The molecule has 0 fully saturated rings. The average Bonchev–Trinajstić information content (AvgIpc) is 3.70. The van der Waals surface area contributed by atoms with Gasteiger partial charge in [0.2, 0.25) is 0 Å².